The van der Waals surface area contributed by atoms with Crippen molar-refractivity contribution in [3.63, 3.8) is 0 Å². The third-order valence-corrected chi connectivity index (χ3v) is 5.04. The second kappa shape index (κ2) is 8.53. The van der Waals surface area contributed by atoms with Gasteiger partial charge in [-0.2, -0.15) is 0 Å². The molecule has 0 bridgehead atoms. The van der Waals surface area contributed by atoms with E-state index in [-0.39, 0.29) is 11.0 Å². The Kier molecular flexibility index (Phi) is 8.75. The van der Waals surface area contributed by atoms with Crippen molar-refractivity contribution < 1.29 is 8.42 Å². The van der Waals surface area contributed by atoms with E-state index in [1.54, 1.807) is 13.8 Å². The van der Waals surface area contributed by atoms with E-state index in [9.17, 15) is 8.42 Å². The number of nitrogens with one attached hydrogen (secondary N) is 1. The van der Waals surface area contributed by atoms with Gasteiger partial charge in [-0.3, -0.25) is 0 Å². The smallest absolute Gasteiger partial charge is 0.153 e. The summed E-state index contributed by atoms with van der Waals surface area (Å²) in [5.74, 6) is 0.253. The van der Waals surface area contributed by atoms with Crippen molar-refractivity contribution in [2.45, 2.75) is 38.4 Å². The highest BCUT2D eigenvalue weighted by atomic mass is 79.9. The van der Waals surface area contributed by atoms with E-state index >= 15 is 0 Å². The minimum atomic E-state index is -2.87. The molecule has 5 heteroatoms. The molecule has 15 heavy (non-hydrogen) atoms. The number of alkyl halides is 1. The summed E-state index contributed by atoms with van der Waals surface area (Å²) in [5, 5.41) is 3.95. The fourth-order valence-electron chi connectivity index (χ4n) is 1.10. The zero-order valence-corrected chi connectivity index (χ0v) is 12.0. The Hall–Kier alpha value is 0.390. The molecular weight excluding hydrogens is 278 g/mol. The third kappa shape index (κ3) is 8.22. The molecule has 0 aromatic rings. The SMILES string of the molecule is CC(C)S(=O)(=O)CCNCCCCCBr. The maximum Gasteiger partial charge on any atom is 0.153 e. The van der Waals surface area contributed by atoms with Crippen LogP contribution in [-0.2, 0) is 9.84 Å². The molecule has 0 radical (unpaired) electrons. The van der Waals surface area contributed by atoms with Gasteiger partial charge in [-0.25, -0.2) is 8.42 Å². The first-order chi connectivity index (χ1) is 7.00. The van der Waals surface area contributed by atoms with Crippen LogP contribution >= 0.6 is 15.9 Å². The van der Waals surface area contributed by atoms with Crippen LogP contribution in [-0.4, -0.2) is 37.8 Å². The lowest BCUT2D eigenvalue weighted by Gasteiger charge is -2.08. The topological polar surface area (TPSA) is 46.2 Å². The van der Waals surface area contributed by atoms with Crippen LogP contribution in [0.15, 0.2) is 0 Å². The fourth-order valence-corrected chi connectivity index (χ4v) is 2.39. The van der Waals surface area contributed by atoms with Gasteiger partial charge in [0.2, 0.25) is 0 Å². The van der Waals surface area contributed by atoms with Gasteiger partial charge in [0, 0.05) is 11.9 Å². The molecule has 0 aliphatic rings. The van der Waals surface area contributed by atoms with Crippen molar-refractivity contribution in [3.8, 4) is 0 Å². The van der Waals surface area contributed by atoms with Gasteiger partial charge in [0.15, 0.2) is 9.84 Å². The minimum Gasteiger partial charge on any atom is -0.316 e. The first-order valence-electron chi connectivity index (χ1n) is 5.49. The Morgan fingerprint density at radius 3 is 2.33 bits per heavy atom. The van der Waals surface area contributed by atoms with Gasteiger partial charge in [-0.1, -0.05) is 22.4 Å². The highest BCUT2D eigenvalue weighted by Crippen LogP contribution is 2.00. The van der Waals surface area contributed by atoms with Gasteiger partial charge < -0.3 is 5.32 Å². The standard InChI is InChI=1S/C10H22BrNO2S/c1-10(2)15(13,14)9-8-12-7-5-3-4-6-11/h10,12H,3-9H2,1-2H3. The molecule has 0 aromatic heterocycles. The van der Waals surface area contributed by atoms with E-state index in [1.165, 1.54) is 12.8 Å². The molecule has 0 amide bonds. The maximum atomic E-state index is 11.4. The van der Waals surface area contributed by atoms with Gasteiger partial charge >= 0.3 is 0 Å². The van der Waals surface area contributed by atoms with E-state index in [0.717, 1.165) is 18.3 Å². The molecule has 0 saturated heterocycles. The average Bonchev–Trinajstić information content (AvgIpc) is 2.16. The van der Waals surface area contributed by atoms with E-state index in [2.05, 4.69) is 21.2 Å². The molecule has 92 valence electrons. The quantitative estimate of drug-likeness (QED) is 0.523. The number of sulfone groups is 1. The van der Waals surface area contributed by atoms with Gasteiger partial charge in [0.25, 0.3) is 0 Å². The van der Waals surface area contributed by atoms with Crippen molar-refractivity contribution in [1.29, 1.82) is 0 Å². The number of hydrogen-bond acceptors (Lipinski definition) is 3. The molecule has 0 aromatic carbocycles. The van der Waals surface area contributed by atoms with Gasteiger partial charge in [0.05, 0.1) is 11.0 Å². The lowest BCUT2D eigenvalue weighted by molar-refractivity contribution is 0.579. The van der Waals surface area contributed by atoms with E-state index in [4.69, 9.17) is 0 Å². The van der Waals surface area contributed by atoms with Crippen LogP contribution in [0.2, 0.25) is 0 Å². The van der Waals surface area contributed by atoms with Crippen LogP contribution in [0.3, 0.4) is 0 Å². The molecule has 0 aliphatic heterocycles. The van der Waals surface area contributed by atoms with Crippen molar-refractivity contribution >= 4 is 25.8 Å². The predicted octanol–water partition coefficient (Wildman–Crippen LogP) is 1.96. The van der Waals surface area contributed by atoms with Crippen LogP contribution in [0.25, 0.3) is 0 Å². The molecule has 0 saturated carbocycles. The highest BCUT2D eigenvalue weighted by molar-refractivity contribution is 9.09. The summed E-state index contributed by atoms with van der Waals surface area (Å²) < 4.78 is 22.8. The Morgan fingerprint density at radius 2 is 1.80 bits per heavy atom. The summed E-state index contributed by atoms with van der Waals surface area (Å²) in [6.07, 6.45) is 3.49. The van der Waals surface area contributed by atoms with Gasteiger partial charge in [-0.05, 0) is 33.2 Å². The molecule has 0 fully saturated rings. The molecule has 3 nitrogen and oxygen atoms in total. The zero-order chi connectivity index (χ0) is 11.7. The molecule has 0 spiro atoms. The summed E-state index contributed by atoms with van der Waals surface area (Å²) in [6, 6.07) is 0. The lowest BCUT2D eigenvalue weighted by Crippen LogP contribution is -2.27. The molecule has 0 rings (SSSR count). The Bertz CT molecular complexity index is 240. The summed E-state index contributed by atoms with van der Waals surface area (Å²) in [4.78, 5) is 0. The van der Waals surface area contributed by atoms with Crippen LogP contribution in [0.4, 0.5) is 0 Å². The number of rotatable bonds is 9. The van der Waals surface area contributed by atoms with Crippen molar-refractivity contribution in [3.05, 3.63) is 0 Å². The highest BCUT2D eigenvalue weighted by Gasteiger charge is 2.14. The summed E-state index contributed by atoms with van der Waals surface area (Å²) in [7, 11) is -2.87. The van der Waals surface area contributed by atoms with Gasteiger partial charge in [-0.15, -0.1) is 0 Å². The number of hydrogen-bond donors (Lipinski definition) is 1. The van der Waals surface area contributed by atoms with E-state index in [1.807, 2.05) is 0 Å². The van der Waals surface area contributed by atoms with Crippen molar-refractivity contribution in [1.82, 2.24) is 5.32 Å². The number of halogens is 1. The molecule has 1 N–H and O–H groups in total. The largest absolute Gasteiger partial charge is 0.316 e. The minimum absolute atomic E-state index is 0.253. The second-order valence-electron chi connectivity index (χ2n) is 3.92. The van der Waals surface area contributed by atoms with Crippen LogP contribution < -0.4 is 5.32 Å². The summed E-state index contributed by atoms with van der Waals surface area (Å²) in [6.45, 7) is 4.95. The van der Waals surface area contributed by atoms with Crippen LogP contribution in [0, 0.1) is 0 Å². The lowest BCUT2D eigenvalue weighted by atomic mass is 10.2. The third-order valence-electron chi connectivity index (χ3n) is 2.27. The normalized spacial score (nSPS) is 12.3. The molecular formula is C10H22BrNO2S. The Balaban J connectivity index is 3.39. The van der Waals surface area contributed by atoms with Crippen molar-refractivity contribution in [2.24, 2.45) is 0 Å². The number of unbranched alkanes of at least 4 members (excludes halogenated alkanes) is 2. The Labute approximate surface area is 102 Å². The van der Waals surface area contributed by atoms with E-state index < -0.39 is 9.84 Å². The Morgan fingerprint density at radius 1 is 1.13 bits per heavy atom. The first kappa shape index (κ1) is 15.4. The van der Waals surface area contributed by atoms with Gasteiger partial charge in [0.1, 0.15) is 0 Å². The molecule has 0 atom stereocenters. The summed E-state index contributed by atoms with van der Waals surface area (Å²) >= 11 is 3.37. The molecule has 0 heterocycles. The monoisotopic (exact) mass is 299 g/mol. The first-order valence-corrected chi connectivity index (χ1v) is 8.32. The van der Waals surface area contributed by atoms with Crippen LogP contribution in [0.1, 0.15) is 33.1 Å². The molecule has 0 aliphatic carbocycles. The second-order valence-corrected chi connectivity index (χ2v) is 7.39. The fraction of sp³-hybridized carbons (Fsp3) is 1.00. The molecule has 0 unspecified atom stereocenters. The maximum absolute atomic E-state index is 11.4. The summed E-state index contributed by atoms with van der Waals surface area (Å²) in [5.41, 5.74) is 0. The van der Waals surface area contributed by atoms with E-state index in [0.29, 0.717) is 6.54 Å². The zero-order valence-electron chi connectivity index (χ0n) is 9.63. The van der Waals surface area contributed by atoms with Crippen LogP contribution in [0.5, 0.6) is 0 Å². The average molecular weight is 300 g/mol. The predicted molar refractivity (Wildman–Crippen MR) is 69.4 cm³/mol. The van der Waals surface area contributed by atoms with Crippen molar-refractivity contribution in [2.75, 3.05) is 24.2 Å².